The minimum atomic E-state index is -1.65. The highest BCUT2D eigenvalue weighted by atomic mass is 35.5. The van der Waals surface area contributed by atoms with Crippen LogP contribution in [-0.4, -0.2) is 59.6 Å². The molecule has 10 rings (SSSR count). The number of phenolic OH excluding ortho intramolecular Hbond substituents is 1. The van der Waals surface area contributed by atoms with E-state index in [4.69, 9.17) is 25.8 Å². The predicted octanol–water partition coefficient (Wildman–Crippen LogP) is 4.79. The van der Waals surface area contributed by atoms with Crippen LogP contribution in [0, 0.1) is 17.7 Å². The van der Waals surface area contributed by atoms with Gasteiger partial charge in [-0.1, -0.05) is 29.8 Å². The molecule has 4 aliphatic rings. The molecule has 0 spiro atoms. The molecule has 16 nitrogen and oxygen atoms in total. The third-order valence-corrected chi connectivity index (χ3v) is 13.2. The average molecular weight is 888 g/mol. The number of hydrogen-bond donors (Lipinski definition) is 2. The van der Waals surface area contributed by atoms with Gasteiger partial charge in [-0.15, -0.1) is 0 Å². The Kier molecular flexibility index (Phi) is 9.62. The number of aromatic nitrogens is 5. The number of nitrogens with one attached hydrogen (secondary N) is 1. The Bertz CT molecular complexity index is 3210. The summed E-state index contributed by atoms with van der Waals surface area (Å²) in [5.74, 6) is -2.48. The summed E-state index contributed by atoms with van der Waals surface area (Å²) < 4.78 is 36.2. The highest BCUT2D eigenvalue weighted by Gasteiger charge is 2.69. The lowest BCUT2D eigenvalue weighted by Crippen LogP contribution is -2.55. The molecule has 2 aromatic heterocycles. The molecule has 4 aromatic carbocycles. The predicted molar refractivity (Wildman–Crippen MR) is 231 cm³/mol. The van der Waals surface area contributed by atoms with Crippen molar-refractivity contribution in [1.29, 1.82) is 0 Å². The smallest absolute Gasteiger partial charge is 0.347 e. The van der Waals surface area contributed by atoms with Crippen LogP contribution in [0.3, 0.4) is 0 Å². The number of rotatable bonds is 9. The number of halogens is 2. The summed E-state index contributed by atoms with van der Waals surface area (Å²) in [6.45, 7) is -0.255. The van der Waals surface area contributed by atoms with E-state index in [-0.39, 0.29) is 49.5 Å². The molecule has 6 aromatic rings. The molecule has 1 saturated heterocycles. The molecule has 1 aliphatic carbocycles. The number of aromatic hydroxyl groups is 1. The van der Waals surface area contributed by atoms with Crippen molar-refractivity contribution in [3.8, 4) is 23.0 Å². The Morgan fingerprint density at radius 2 is 1.69 bits per heavy atom. The lowest BCUT2D eigenvalue weighted by Gasteiger charge is -2.49. The second-order valence-corrected chi connectivity index (χ2v) is 16.6. The molecule has 64 heavy (non-hydrogen) atoms. The van der Waals surface area contributed by atoms with Crippen LogP contribution in [0.4, 0.5) is 10.1 Å². The topological polar surface area (TPSA) is 181 Å². The highest BCUT2D eigenvalue weighted by molar-refractivity contribution is 6.30. The van der Waals surface area contributed by atoms with Gasteiger partial charge in [0.05, 0.1) is 61.1 Å². The maximum Gasteiger partial charge on any atom is 0.347 e. The molecule has 0 radical (unpaired) electrons. The second-order valence-electron chi connectivity index (χ2n) is 16.2. The number of nitrogens with zero attached hydrogens (tertiary/aromatic N) is 6. The lowest BCUT2D eigenvalue weighted by molar-refractivity contribution is -0.138. The Labute approximate surface area is 367 Å². The fourth-order valence-electron chi connectivity index (χ4n) is 10.1. The number of hydrazine groups is 1. The van der Waals surface area contributed by atoms with E-state index in [0.29, 0.717) is 55.6 Å². The van der Waals surface area contributed by atoms with Gasteiger partial charge in [-0.05, 0) is 77.7 Å². The van der Waals surface area contributed by atoms with E-state index < -0.39 is 57.9 Å². The van der Waals surface area contributed by atoms with Crippen molar-refractivity contribution in [3.05, 3.63) is 161 Å². The van der Waals surface area contributed by atoms with E-state index in [1.165, 1.54) is 58.5 Å². The van der Waals surface area contributed by atoms with Crippen molar-refractivity contribution < 1.29 is 33.3 Å². The van der Waals surface area contributed by atoms with Crippen molar-refractivity contribution in [2.75, 3.05) is 19.6 Å². The van der Waals surface area contributed by atoms with E-state index in [9.17, 15) is 28.7 Å². The first kappa shape index (κ1) is 40.7. The first-order valence-electron chi connectivity index (χ1n) is 20.4. The maximum absolute atomic E-state index is 15.5. The standard InChI is InChI=1S/C46H39ClFN7O9/c1-51-36-22-39(63-3)38(62-2)21-34(36)49-33(42(51)58)15-16-52-44(60)53-17-14-31-35(55(53)45(52)61)20-32-41(57)54(50-29-10-8-28(48)9-11-29)43(59)46(32,26-4-6-27(47)7-5-26)40(31)25-18-24-19-30(56)12-13-37(24)64-23-25/h4-14,19,21-23,32,35,40,50,56H,15-18,20H2,1-3H3. The second kappa shape index (κ2) is 15.1. The highest BCUT2D eigenvalue weighted by Crippen LogP contribution is 2.61. The Morgan fingerprint density at radius 3 is 2.42 bits per heavy atom. The van der Waals surface area contributed by atoms with Gasteiger partial charge in [-0.2, -0.15) is 5.01 Å². The number of amides is 2. The van der Waals surface area contributed by atoms with Crippen molar-refractivity contribution in [2.45, 2.75) is 43.8 Å². The van der Waals surface area contributed by atoms with E-state index in [1.807, 2.05) is 6.08 Å². The zero-order chi connectivity index (χ0) is 44.8. The van der Waals surface area contributed by atoms with Gasteiger partial charge in [0.1, 0.15) is 23.0 Å². The third kappa shape index (κ3) is 6.08. The van der Waals surface area contributed by atoms with Gasteiger partial charge in [0.2, 0.25) is 0 Å². The van der Waals surface area contributed by atoms with Crippen LogP contribution in [-0.2, 0) is 48.0 Å². The van der Waals surface area contributed by atoms with E-state index in [1.54, 1.807) is 61.8 Å². The summed E-state index contributed by atoms with van der Waals surface area (Å²) in [6, 6.07) is 19.0. The van der Waals surface area contributed by atoms with E-state index in [0.717, 1.165) is 9.58 Å². The summed E-state index contributed by atoms with van der Waals surface area (Å²) in [4.78, 5) is 77.7. The molecule has 18 heteroatoms. The van der Waals surface area contributed by atoms with Gasteiger partial charge < -0.3 is 23.9 Å². The number of allylic oxidation sites excluding steroid dienone is 3. The van der Waals surface area contributed by atoms with Crippen LogP contribution in [0.1, 0.15) is 29.3 Å². The Morgan fingerprint density at radius 1 is 0.953 bits per heavy atom. The van der Waals surface area contributed by atoms with Gasteiger partial charge in [0.25, 0.3) is 17.4 Å². The molecule has 3 aliphatic heterocycles. The Hall–Kier alpha value is -7.40. The van der Waals surface area contributed by atoms with Crippen LogP contribution in [0.25, 0.3) is 11.0 Å². The lowest BCUT2D eigenvalue weighted by atomic mass is 9.52. The van der Waals surface area contributed by atoms with Gasteiger partial charge in [-0.25, -0.2) is 32.9 Å². The Balaban J connectivity index is 1.10. The third-order valence-electron chi connectivity index (χ3n) is 13.0. The number of imide groups is 1. The summed E-state index contributed by atoms with van der Waals surface area (Å²) >= 11 is 6.42. The number of carbonyl (C=O) groups excluding carboxylic acids is 2. The molecule has 2 amide bonds. The molecule has 1 saturated carbocycles. The summed E-state index contributed by atoms with van der Waals surface area (Å²) in [6.07, 6.45) is 3.42. The summed E-state index contributed by atoms with van der Waals surface area (Å²) in [5.41, 5.74) is 3.17. The van der Waals surface area contributed by atoms with Gasteiger partial charge >= 0.3 is 11.4 Å². The number of carbonyl (C=O) groups is 2. The number of fused-ring (bicyclic) bond motifs is 6. The minimum absolute atomic E-state index is 0.00250. The molecule has 2 N–H and O–H groups in total. The van der Waals surface area contributed by atoms with Crippen LogP contribution < -0.4 is 36.6 Å². The number of methoxy groups -OCH3 is 2. The van der Waals surface area contributed by atoms with Crippen molar-refractivity contribution >= 4 is 40.1 Å². The fraction of sp³-hybridized carbons (Fsp3) is 0.261. The van der Waals surface area contributed by atoms with Crippen molar-refractivity contribution in [2.24, 2.45) is 18.9 Å². The average Bonchev–Trinajstić information content (AvgIpc) is 3.67. The van der Waals surface area contributed by atoms with Crippen molar-refractivity contribution in [3.63, 3.8) is 0 Å². The van der Waals surface area contributed by atoms with Crippen LogP contribution in [0.5, 0.6) is 23.0 Å². The molecule has 0 bridgehead atoms. The maximum atomic E-state index is 15.5. The first-order chi connectivity index (χ1) is 30.8. The van der Waals surface area contributed by atoms with Crippen LogP contribution in [0.15, 0.2) is 117 Å². The summed E-state index contributed by atoms with van der Waals surface area (Å²) in [5, 5.41) is 11.9. The number of hydrogen-bond acceptors (Lipinski definition) is 11. The molecule has 326 valence electrons. The van der Waals surface area contributed by atoms with E-state index in [2.05, 4.69) is 10.4 Å². The van der Waals surface area contributed by atoms with Crippen LogP contribution in [0.2, 0.25) is 5.02 Å². The van der Waals surface area contributed by atoms with Gasteiger partial charge in [0, 0.05) is 55.1 Å². The number of phenols is 1. The molecule has 5 heterocycles. The van der Waals surface area contributed by atoms with Gasteiger partial charge in [0.15, 0.2) is 11.5 Å². The monoisotopic (exact) mass is 887 g/mol. The number of aryl methyl sites for hydroxylation is 2. The van der Waals surface area contributed by atoms with Crippen LogP contribution >= 0.6 is 11.6 Å². The molecular weight excluding hydrogens is 849 g/mol. The largest absolute Gasteiger partial charge is 0.508 e. The zero-order valence-corrected chi connectivity index (χ0v) is 35.3. The van der Waals surface area contributed by atoms with E-state index >= 15 is 4.79 Å². The van der Waals surface area contributed by atoms with Gasteiger partial charge in [-0.3, -0.25) is 19.8 Å². The normalized spacial score (nSPS) is 21.0. The quantitative estimate of drug-likeness (QED) is 0.151. The molecular formula is C46H39ClFN7O9. The molecule has 2 fully saturated rings. The fourth-order valence-corrected chi connectivity index (χ4v) is 10.2. The molecule has 4 atom stereocenters. The first-order valence-corrected chi connectivity index (χ1v) is 20.8. The number of benzene rings is 4. The zero-order valence-electron chi connectivity index (χ0n) is 34.6. The number of ether oxygens (including phenoxy) is 3. The minimum Gasteiger partial charge on any atom is -0.508 e. The SMILES string of the molecule is COc1cc2nc(CCn3c(=O)n4n(c3=O)C3CC5C(=O)N(Nc6ccc(F)cc6)C(=O)C5(c5ccc(Cl)cc5)C(C5=COc6ccc(O)cc6C5)C3=CC4)c(=O)n(C)c2cc1OC. The number of anilines is 1. The summed E-state index contributed by atoms with van der Waals surface area (Å²) in [7, 11) is 4.56. The molecule has 4 unspecified atom stereocenters. The van der Waals surface area contributed by atoms with Crippen molar-refractivity contribution in [1.82, 2.24) is 28.5 Å².